The van der Waals surface area contributed by atoms with Gasteiger partial charge in [-0.1, -0.05) is 30.3 Å². The molecule has 0 aromatic heterocycles. The van der Waals surface area contributed by atoms with Gasteiger partial charge in [0.15, 0.2) is 0 Å². The minimum Gasteiger partial charge on any atom is -0.496 e. The Balaban J connectivity index is 1.90. The average Bonchev–Trinajstić information content (AvgIpc) is 2.63. The van der Waals surface area contributed by atoms with Crippen molar-refractivity contribution in [1.29, 1.82) is 0 Å². The minimum absolute atomic E-state index is 0.154. The molecule has 1 fully saturated rings. The summed E-state index contributed by atoms with van der Waals surface area (Å²) < 4.78 is 46.0. The third-order valence-corrected chi connectivity index (χ3v) is 6.16. The van der Waals surface area contributed by atoms with Gasteiger partial charge in [0, 0.05) is 25.2 Å². The SMILES string of the molecule is COc1ccccc1C1CNCCN1S(=O)(=O)Cc1ccc(F)cc1. The third-order valence-electron chi connectivity index (χ3n) is 4.31. The van der Waals surface area contributed by atoms with E-state index in [9.17, 15) is 12.8 Å². The summed E-state index contributed by atoms with van der Waals surface area (Å²) in [5.41, 5.74) is 1.40. The number of methoxy groups -OCH3 is 1. The summed E-state index contributed by atoms with van der Waals surface area (Å²) in [6, 6.07) is 12.7. The molecule has 134 valence electrons. The second-order valence-corrected chi connectivity index (χ2v) is 7.88. The predicted octanol–water partition coefficient (Wildman–Crippen LogP) is 2.31. The first-order valence-corrected chi connectivity index (χ1v) is 9.70. The highest BCUT2D eigenvalue weighted by Gasteiger charge is 2.34. The summed E-state index contributed by atoms with van der Waals surface area (Å²) in [7, 11) is -1.98. The zero-order valence-corrected chi connectivity index (χ0v) is 14.8. The molecule has 2 aromatic carbocycles. The lowest BCUT2D eigenvalue weighted by molar-refractivity contribution is 0.264. The number of para-hydroxylation sites is 1. The van der Waals surface area contributed by atoms with E-state index >= 15 is 0 Å². The second-order valence-electron chi connectivity index (χ2n) is 5.96. The molecule has 1 atom stereocenters. The number of nitrogens with one attached hydrogen (secondary N) is 1. The van der Waals surface area contributed by atoms with Crippen molar-refractivity contribution in [3.63, 3.8) is 0 Å². The van der Waals surface area contributed by atoms with Crippen LogP contribution in [-0.4, -0.2) is 39.5 Å². The van der Waals surface area contributed by atoms with Gasteiger partial charge in [-0.2, -0.15) is 4.31 Å². The molecule has 0 radical (unpaired) electrons. The number of piperazine rings is 1. The zero-order chi connectivity index (χ0) is 17.9. The molecule has 0 bridgehead atoms. The Morgan fingerprint density at radius 2 is 1.92 bits per heavy atom. The Morgan fingerprint density at radius 1 is 1.20 bits per heavy atom. The van der Waals surface area contributed by atoms with Crippen molar-refractivity contribution in [1.82, 2.24) is 9.62 Å². The monoisotopic (exact) mass is 364 g/mol. The van der Waals surface area contributed by atoms with Crippen LogP contribution < -0.4 is 10.1 Å². The quantitative estimate of drug-likeness (QED) is 0.885. The molecule has 0 saturated carbocycles. The maximum absolute atomic E-state index is 13.1. The van der Waals surface area contributed by atoms with Crippen molar-refractivity contribution in [2.75, 3.05) is 26.7 Å². The smallest absolute Gasteiger partial charge is 0.218 e. The van der Waals surface area contributed by atoms with Gasteiger partial charge in [-0.3, -0.25) is 0 Å². The number of benzene rings is 2. The van der Waals surface area contributed by atoms with Crippen LogP contribution in [0.4, 0.5) is 4.39 Å². The molecular weight excluding hydrogens is 343 g/mol. The zero-order valence-electron chi connectivity index (χ0n) is 14.0. The molecule has 1 saturated heterocycles. The maximum Gasteiger partial charge on any atom is 0.218 e. The van der Waals surface area contributed by atoms with E-state index in [4.69, 9.17) is 4.74 Å². The van der Waals surface area contributed by atoms with Crippen LogP contribution in [-0.2, 0) is 15.8 Å². The third kappa shape index (κ3) is 4.00. The molecule has 0 spiro atoms. The van der Waals surface area contributed by atoms with E-state index in [0.29, 0.717) is 30.9 Å². The first kappa shape index (κ1) is 17.8. The lowest BCUT2D eigenvalue weighted by atomic mass is 10.0. The highest BCUT2D eigenvalue weighted by atomic mass is 32.2. The highest BCUT2D eigenvalue weighted by Crippen LogP contribution is 2.32. The average molecular weight is 364 g/mol. The van der Waals surface area contributed by atoms with Crippen molar-refractivity contribution in [2.24, 2.45) is 0 Å². The van der Waals surface area contributed by atoms with Gasteiger partial charge in [-0.25, -0.2) is 12.8 Å². The van der Waals surface area contributed by atoms with Crippen LogP contribution in [0.5, 0.6) is 5.75 Å². The topological polar surface area (TPSA) is 58.6 Å². The van der Waals surface area contributed by atoms with Gasteiger partial charge in [-0.05, 0) is 23.8 Å². The van der Waals surface area contributed by atoms with Crippen LogP contribution >= 0.6 is 0 Å². The molecule has 1 N–H and O–H groups in total. The molecule has 2 aromatic rings. The first-order chi connectivity index (χ1) is 12.0. The number of halogens is 1. The summed E-state index contributed by atoms with van der Waals surface area (Å²) in [5, 5.41) is 3.25. The molecule has 0 amide bonds. The number of rotatable bonds is 5. The van der Waals surface area contributed by atoms with E-state index < -0.39 is 10.0 Å². The molecular formula is C18H21FN2O3S. The Kier molecular flexibility index (Phi) is 5.36. The summed E-state index contributed by atoms with van der Waals surface area (Å²) >= 11 is 0. The van der Waals surface area contributed by atoms with Gasteiger partial charge in [-0.15, -0.1) is 0 Å². The summed E-state index contributed by atoms with van der Waals surface area (Å²) in [5.74, 6) is 0.132. The van der Waals surface area contributed by atoms with Crippen molar-refractivity contribution < 1.29 is 17.5 Å². The van der Waals surface area contributed by atoms with Crippen molar-refractivity contribution in [2.45, 2.75) is 11.8 Å². The second kappa shape index (κ2) is 7.51. The number of hydrogen-bond acceptors (Lipinski definition) is 4. The Morgan fingerprint density at radius 3 is 2.64 bits per heavy atom. The van der Waals surface area contributed by atoms with E-state index in [0.717, 1.165) is 5.56 Å². The van der Waals surface area contributed by atoms with Crippen LogP contribution in [0.2, 0.25) is 0 Å². The number of sulfonamides is 1. The molecule has 7 heteroatoms. The van der Waals surface area contributed by atoms with Crippen molar-refractivity contribution >= 4 is 10.0 Å². The molecule has 3 rings (SSSR count). The minimum atomic E-state index is -3.56. The number of ether oxygens (including phenoxy) is 1. The summed E-state index contributed by atoms with van der Waals surface area (Å²) in [6.07, 6.45) is 0. The number of nitrogens with zero attached hydrogens (tertiary/aromatic N) is 1. The summed E-state index contributed by atoms with van der Waals surface area (Å²) in [6.45, 7) is 1.49. The summed E-state index contributed by atoms with van der Waals surface area (Å²) in [4.78, 5) is 0. The van der Waals surface area contributed by atoms with Gasteiger partial charge in [0.25, 0.3) is 0 Å². The maximum atomic E-state index is 13.1. The predicted molar refractivity (Wildman–Crippen MR) is 94.3 cm³/mol. The normalized spacial score (nSPS) is 18.9. The highest BCUT2D eigenvalue weighted by molar-refractivity contribution is 7.88. The Bertz CT molecular complexity index is 824. The van der Waals surface area contributed by atoms with Crippen molar-refractivity contribution in [3.8, 4) is 5.75 Å². The van der Waals surface area contributed by atoms with Crippen LogP contribution in [0, 0.1) is 5.82 Å². The Hall–Kier alpha value is -1.96. The van der Waals surface area contributed by atoms with Crippen LogP contribution in [0.25, 0.3) is 0 Å². The van der Waals surface area contributed by atoms with E-state index in [-0.39, 0.29) is 17.6 Å². The van der Waals surface area contributed by atoms with Gasteiger partial charge >= 0.3 is 0 Å². The van der Waals surface area contributed by atoms with Crippen LogP contribution in [0.1, 0.15) is 17.2 Å². The lowest BCUT2D eigenvalue weighted by Gasteiger charge is -2.36. The van der Waals surface area contributed by atoms with Crippen molar-refractivity contribution in [3.05, 3.63) is 65.5 Å². The molecule has 1 aliphatic heterocycles. The van der Waals surface area contributed by atoms with Gasteiger partial charge in [0.1, 0.15) is 11.6 Å². The van der Waals surface area contributed by atoms with Crippen LogP contribution in [0.3, 0.4) is 0 Å². The van der Waals surface area contributed by atoms with Gasteiger partial charge < -0.3 is 10.1 Å². The largest absolute Gasteiger partial charge is 0.496 e. The Labute approximate surface area is 147 Å². The fourth-order valence-electron chi connectivity index (χ4n) is 3.10. The molecule has 1 aliphatic rings. The fraction of sp³-hybridized carbons (Fsp3) is 0.333. The van der Waals surface area contributed by atoms with E-state index in [1.807, 2.05) is 24.3 Å². The lowest BCUT2D eigenvalue weighted by Crippen LogP contribution is -2.49. The standard InChI is InChI=1S/C18H21FN2O3S/c1-24-18-5-3-2-4-16(18)17-12-20-10-11-21(17)25(22,23)13-14-6-8-15(19)9-7-14/h2-9,17,20H,10-13H2,1H3. The van der Waals surface area contributed by atoms with E-state index in [1.165, 1.54) is 28.6 Å². The van der Waals surface area contributed by atoms with E-state index in [1.54, 1.807) is 7.11 Å². The fourth-order valence-corrected chi connectivity index (χ4v) is 4.82. The van der Waals surface area contributed by atoms with Crippen LogP contribution in [0.15, 0.2) is 48.5 Å². The molecule has 0 aliphatic carbocycles. The number of hydrogen-bond donors (Lipinski definition) is 1. The van der Waals surface area contributed by atoms with E-state index in [2.05, 4.69) is 5.32 Å². The molecule has 5 nitrogen and oxygen atoms in total. The molecule has 25 heavy (non-hydrogen) atoms. The van der Waals surface area contributed by atoms with Gasteiger partial charge in [0.05, 0.1) is 18.9 Å². The first-order valence-electron chi connectivity index (χ1n) is 8.09. The van der Waals surface area contributed by atoms with Gasteiger partial charge in [0.2, 0.25) is 10.0 Å². The molecule has 1 heterocycles. The molecule has 1 unspecified atom stereocenters.